The predicted molar refractivity (Wildman–Crippen MR) is 42.3 cm³/mol. The Kier molecular flexibility index (Phi) is 3.06. The van der Waals surface area contributed by atoms with E-state index in [2.05, 4.69) is 0 Å². The molecule has 3 N–H and O–H groups in total. The summed E-state index contributed by atoms with van der Waals surface area (Å²) in [7, 11) is 0. The average Bonchev–Trinajstić information content (AvgIpc) is 2.08. The van der Waals surface area contributed by atoms with Gasteiger partial charge >= 0.3 is 0 Å². The Balaban J connectivity index is 2.63. The van der Waals surface area contributed by atoms with Gasteiger partial charge in [-0.15, -0.1) is 0 Å². The molecule has 0 aromatic carbocycles. The van der Waals surface area contributed by atoms with Gasteiger partial charge in [-0.3, -0.25) is 0 Å². The Morgan fingerprint density at radius 2 is 1.75 bits per heavy atom. The maximum absolute atomic E-state index is 9.44. The summed E-state index contributed by atoms with van der Waals surface area (Å²) in [5.74, 6) is -0.428. The topological polar surface area (TPSA) is 69.9 Å². The standard InChI is InChI=1S/C8H16O4/c1-3-5-7(10)6(9)4(2)8(11)12-5/h4-11H,3H2,1-2H3/t4-,5?,6?,7?,8?/m0/s1. The van der Waals surface area contributed by atoms with Crippen molar-refractivity contribution >= 4 is 0 Å². The van der Waals surface area contributed by atoms with E-state index in [0.29, 0.717) is 6.42 Å². The van der Waals surface area contributed by atoms with Crippen LogP contribution in [0.5, 0.6) is 0 Å². The molecule has 0 aliphatic carbocycles. The van der Waals surface area contributed by atoms with Crippen molar-refractivity contribution in [2.75, 3.05) is 0 Å². The maximum atomic E-state index is 9.44. The van der Waals surface area contributed by atoms with Gasteiger partial charge in [0.25, 0.3) is 0 Å². The van der Waals surface area contributed by atoms with E-state index in [0.717, 1.165) is 0 Å². The third-order valence-corrected chi connectivity index (χ3v) is 2.44. The largest absolute Gasteiger partial charge is 0.390 e. The smallest absolute Gasteiger partial charge is 0.160 e. The zero-order chi connectivity index (χ0) is 9.30. The van der Waals surface area contributed by atoms with Crippen LogP contribution in [-0.4, -0.2) is 39.9 Å². The molecule has 0 saturated carbocycles. The Bertz CT molecular complexity index is 145. The molecule has 0 radical (unpaired) electrons. The van der Waals surface area contributed by atoms with Crippen LogP contribution in [0.4, 0.5) is 0 Å². The van der Waals surface area contributed by atoms with Crippen molar-refractivity contribution in [2.24, 2.45) is 5.92 Å². The second-order valence-corrected chi connectivity index (χ2v) is 3.31. The highest BCUT2D eigenvalue weighted by Crippen LogP contribution is 2.25. The molecule has 0 aromatic rings. The first-order valence-corrected chi connectivity index (χ1v) is 4.27. The van der Waals surface area contributed by atoms with E-state index in [-0.39, 0.29) is 0 Å². The van der Waals surface area contributed by atoms with Crippen LogP contribution in [0, 0.1) is 5.92 Å². The molecule has 1 aliphatic heterocycles. The third kappa shape index (κ3) is 1.61. The molecule has 0 spiro atoms. The minimum Gasteiger partial charge on any atom is -0.390 e. The quantitative estimate of drug-likeness (QED) is 0.502. The minimum absolute atomic E-state index is 0.428. The minimum atomic E-state index is -0.964. The summed E-state index contributed by atoms with van der Waals surface area (Å²) in [6, 6.07) is 0. The fraction of sp³-hybridized carbons (Fsp3) is 1.00. The summed E-state index contributed by atoms with van der Waals surface area (Å²) < 4.78 is 5.08. The lowest BCUT2D eigenvalue weighted by atomic mass is 9.91. The molecule has 1 saturated heterocycles. The lowest BCUT2D eigenvalue weighted by molar-refractivity contribution is -0.260. The van der Waals surface area contributed by atoms with Gasteiger partial charge in [0.1, 0.15) is 6.10 Å². The van der Waals surface area contributed by atoms with Gasteiger partial charge in [0.15, 0.2) is 6.29 Å². The molecule has 0 aromatic heterocycles. The second kappa shape index (κ2) is 3.70. The van der Waals surface area contributed by atoms with E-state index < -0.39 is 30.5 Å². The van der Waals surface area contributed by atoms with Crippen LogP contribution in [0.25, 0.3) is 0 Å². The first kappa shape index (κ1) is 9.92. The van der Waals surface area contributed by atoms with Crippen LogP contribution in [0.3, 0.4) is 0 Å². The molecular formula is C8H16O4. The summed E-state index contributed by atoms with van der Waals surface area (Å²) in [6.07, 6.45) is -2.60. The fourth-order valence-corrected chi connectivity index (χ4v) is 1.42. The number of hydrogen-bond acceptors (Lipinski definition) is 4. The van der Waals surface area contributed by atoms with Crippen LogP contribution in [-0.2, 0) is 4.74 Å². The summed E-state index contributed by atoms with van der Waals surface area (Å²) in [5, 5.41) is 28.1. The molecule has 0 bridgehead atoms. The molecule has 1 fully saturated rings. The first-order valence-electron chi connectivity index (χ1n) is 4.27. The van der Waals surface area contributed by atoms with Gasteiger partial charge in [0, 0.05) is 5.92 Å². The van der Waals surface area contributed by atoms with Gasteiger partial charge in [-0.2, -0.15) is 0 Å². The van der Waals surface area contributed by atoms with Crippen LogP contribution >= 0.6 is 0 Å². The lowest BCUT2D eigenvalue weighted by Crippen LogP contribution is -2.53. The Hall–Kier alpha value is -0.160. The maximum Gasteiger partial charge on any atom is 0.160 e. The highest BCUT2D eigenvalue weighted by Gasteiger charge is 2.40. The predicted octanol–water partition coefficient (Wildman–Crippen LogP) is -0.528. The molecule has 1 heterocycles. The Morgan fingerprint density at radius 1 is 1.17 bits per heavy atom. The van der Waals surface area contributed by atoms with Crippen molar-refractivity contribution < 1.29 is 20.1 Å². The van der Waals surface area contributed by atoms with Crippen LogP contribution in [0.15, 0.2) is 0 Å². The lowest BCUT2D eigenvalue weighted by Gasteiger charge is -2.38. The summed E-state index contributed by atoms with van der Waals surface area (Å²) >= 11 is 0. The van der Waals surface area contributed by atoms with E-state index in [4.69, 9.17) is 4.74 Å². The highest BCUT2D eigenvalue weighted by molar-refractivity contribution is 4.85. The SMILES string of the molecule is CCC1OC(O)[C@@H](C)C(O)C1O. The van der Waals surface area contributed by atoms with Crippen molar-refractivity contribution in [3.63, 3.8) is 0 Å². The van der Waals surface area contributed by atoms with Crippen molar-refractivity contribution in [3.05, 3.63) is 0 Å². The molecular weight excluding hydrogens is 160 g/mol. The number of ether oxygens (including phenoxy) is 1. The normalized spacial score (nSPS) is 49.2. The van der Waals surface area contributed by atoms with E-state index >= 15 is 0 Å². The first-order chi connectivity index (χ1) is 5.57. The molecule has 12 heavy (non-hydrogen) atoms. The van der Waals surface area contributed by atoms with Crippen molar-refractivity contribution in [3.8, 4) is 0 Å². The molecule has 5 atom stereocenters. The summed E-state index contributed by atoms with van der Waals surface area (Å²) in [5.41, 5.74) is 0. The Labute approximate surface area is 71.8 Å². The van der Waals surface area contributed by atoms with Crippen molar-refractivity contribution in [1.82, 2.24) is 0 Å². The number of aliphatic hydroxyl groups excluding tert-OH is 3. The van der Waals surface area contributed by atoms with Crippen molar-refractivity contribution in [1.29, 1.82) is 0 Å². The van der Waals surface area contributed by atoms with E-state index in [9.17, 15) is 15.3 Å². The van der Waals surface area contributed by atoms with Crippen LogP contribution < -0.4 is 0 Å². The molecule has 1 rings (SSSR count). The van der Waals surface area contributed by atoms with Gasteiger partial charge in [-0.25, -0.2) is 0 Å². The second-order valence-electron chi connectivity index (χ2n) is 3.31. The van der Waals surface area contributed by atoms with E-state index in [1.54, 1.807) is 6.92 Å². The zero-order valence-electron chi connectivity index (χ0n) is 7.34. The van der Waals surface area contributed by atoms with Gasteiger partial charge in [0.05, 0.1) is 12.2 Å². The summed E-state index contributed by atoms with van der Waals surface area (Å²) in [4.78, 5) is 0. The molecule has 1 aliphatic rings. The zero-order valence-corrected chi connectivity index (χ0v) is 7.34. The van der Waals surface area contributed by atoms with E-state index in [1.807, 2.05) is 6.92 Å². The van der Waals surface area contributed by atoms with Gasteiger partial charge in [-0.05, 0) is 6.42 Å². The molecule has 72 valence electrons. The number of rotatable bonds is 1. The van der Waals surface area contributed by atoms with Crippen LogP contribution in [0.1, 0.15) is 20.3 Å². The van der Waals surface area contributed by atoms with Crippen molar-refractivity contribution in [2.45, 2.75) is 44.9 Å². The molecule has 0 amide bonds. The van der Waals surface area contributed by atoms with Crippen LogP contribution in [0.2, 0.25) is 0 Å². The monoisotopic (exact) mass is 176 g/mol. The number of hydrogen-bond donors (Lipinski definition) is 3. The molecule has 4 heteroatoms. The van der Waals surface area contributed by atoms with Gasteiger partial charge in [0.2, 0.25) is 0 Å². The summed E-state index contributed by atoms with van der Waals surface area (Å²) in [6.45, 7) is 3.48. The fourth-order valence-electron chi connectivity index (χ4n) is 1.42. The molecule has 4 unspecified atom stereocenters. The third-order valence-electron chi connectivity index (χ3n) is 2.44. The number of aliphatic hydroxyl groups is 3. The van der Waals surface area contributed by atoms with E-state index in [1.165, 1.54) is 0 Å². The Morgan fingerprint density at radius 3 is 2.25 bits per heavy atom. The molecule has 4 nitrogen and oxygen atoms in total. The van der Waals surface area contributed by atoms with Gasteiger partial charge < -0.3 is 20.1 Å². The average molecular weight is 176 g/mol. The highest BCUT2D eigenvalue weighted by atomic mass is 16.6. The van der Waals surface area contributed by atoms with Gasteiger partial charge in [-0.1, -0.05) is 13.8 Å².